The third kappa shape index (κ3) is 7.13. The summed E-state index contributed by atoms with van der Waals surface area (Å²) in [4.78, 5) is 0. The SMILES string of the molecule is C=C/C=C(\C=C/C)C(/C)=C\N.CC. The molecule has 0 rings (SSSR count). The van der Waals surface area contributed by atoms with E-state index in [0.717, 1.165) is 11.1 Å². The maximum absolute atomic E-state index is 5.36. The molecule has 0 aliphatic heterocycles. The van der Waals surface area contributed by atoms with Gasteiger partial charge >= 0.3 is 0 Å². The third-order valence-corrected chi connectivity index (χ3v) is 1.35. The summed E-state index contributed by atoms with van der Waals surface area (Å²) in [6, 6.07) is 0. The molecule has 2 N–H and O–H groups in total. The van der Waals surface area contributed by atoms with Crippen molar-refractivity contribution < 1.29 is 0 Å². The van der Waals surface area contributed by atoms with Gasteiger partial charge in [0.05, 0.1) is 0 Å². The van der Waals surface area contributed by atoms with Gasteiger partial charge < -0.3 is 5.73 Å². The summed E-state index contributed by atoms with van der Waals surface area (Å²) in [6.45, 7) is 11.6. The third-order valence-electron chi connectivity index (χ3n) is 1.35. The van der Waals surface area contributed by atoms with E-state index in [9.17, 15) is 0 Å². The van der Waals surface area contributed by atoms with Crippen molar-refractivity contribution in [1.82, 2.24) is 0 Å². The Morgan fingerprint density at radius 2 is 1.85 bits per heavy atom. The van der Waals surface area contributed by atoms with Gasteiger partial charge in [-0.15, -0.1) is 0 Å². The van der Waals surface area contributed by atoms with Crippen LogP contribution in [0.1, 0.15) is 27.7 Å². The van der Waals surface area contributed by atoms with Gasteiger partial charge in [-0.25, -0.2) is 0 Å². The molecule has 0 aromatic heterocycles. The van der Waals surface area contributed by atoms with Crippen LogP contribution in [0.4, 0.5) is 0 Å². The fourth-order valence-corrected chi connectivity index (χ4v) is 0.721. The lowest BCUT2D eigenvalue weighted by atomic mass is 10.1. The Kier molecular flexibility index (Phi) is 11.8. The van der Waals surface area contributed by atoms with Crippen molar-refractivity contribution in [2.24, 2.45) is 5.73 Å². The van der Waals surface area contributed by atoms with Crippen molar-refractivity contribution in [3.8, 4) is 0 Å². The molecule has 0 atom stereocenters. The molecule has 74 valence electrons. The number of allylic oxidation sites excluding steroid dienone is 6. The molecule has 0 unspecified atom stereocenters. The van der Waals surface area contributed by atoms with E-state index in [1.54, 1.807) is 12.3 Å². The van der Waals surface area contributed by atoms with Crippen LogP contribution in [0.5, 0.6) is 0 Å². The lowest BCUT2D eigenvalue weighted by Gasteiger charge is -1.98. The summed E-state index contributed by atoms with van der Waals surface area (Å²) in [5.74, 6) is 0. The first-order valence-electron chi connectivity index (χ1n) is 4.60. The summed E-state index contributed by atoms with van der Waals surface area (Å²) in [5.41, 5.74) is 7.52. The van der Waals surface area contributed by atoms with Crippen LogP contribution in [0, 0.1) is 0 Å². The average molecular weight is 179 g/mol. The summed E-state index contributed by atoms with van der Waals surface area (Å²) in [5, 5.41) is 0. The molecule has 0 aromatic rings. The van der Waals surface area contributed by atoms with Gasteiger partial charge in [-0.05, 0) is 31.2 Å². The molecule has 0 spiro atoms. The Bertz CT molecular complexity index is 207. The molecular formula is C12H21N. The highest BCUT2D eigenvalue weighted by atomic mass is 14.5. The van der Waals surface area contributed by atoms with E-state index in [1.807, 2.05) is 45.9 Å². The van der Waals surface area contributed by atoms with Gasteiger partial charge in [-0.1, -0.05) is 44.7 Å². The van der Waals surface area contributed by atoms with Crippen molar-refractivity contribution in [2.75, 3.05) is 0 Å². The van der Waals surface area contributed by atoms with E-state index in [2.05, 4.69) is 6.58 Å². The average Bonchev–Trinajstić information content (AvgIpc) is 2.19. The lowest BCUT2D eigenvalue weighted by molar-refractivity contribution is 1.37. The standard InChI is InChI=1S/C10H15N.C2H6/c1-4-6-10(7-5-2)9(3)8-11;1-2/h4-8H,1,11H2,2-3H3;1-2H3/b7-5-,9-8-,10-6+;. The van der Waals surface area contributed by atoms with Crippen LogP contribution >= 0.6 is 0 Å². The molecule has 0 radical (unpaired) electrons. The maximum Gasteiger partial charge on any atom is -0.00265 e. The normalized spacial score (nSPS) is 12.3. The fraction of sp³-hybridized carbons (Fsp3) is 0.333. The number of nitrogens with two attached hydrogens (primary N) is 1. The van der Waals surface area contributed by atoms with Gasteiger partial charge in [0.15, 0.2) is 0 Å². The quantitative estimate of drug-likeness (QED) is 0.659. The zero-order chi connectivity index (χ0) is 10.7. The van der Waals surface area contributed by atoms with Crippen LogP contribution in [-0.4, -0.2) is 0 Å². The van der Waals surface area contributed by atoms with E-state index in [0.29, 0.717) is 0 Å². The predicted molar refractivity (Wildman–Crippen MR) is 62.4 cm³/mol. The highest BCUT2D eigenvalue weighted by Crippen LogP contribution is 2.09. The van der Waals surface area contributed by atoms with Gasteiger partial charge in [0.1, 0.15) is 0 Å². The Labute approximate surface area is 82.3 Å². The highest BCUT2D eigenvalue weighted by Gasteiger charge is 1.90. The smallest absolute Gasteiger partial charge is 0.00265 e. The molecule has 0 heterocycles. The molecule has 0 aromatic carbocycles. The zero-order valence-corrected chi connectivity index (χ0v) is 9.17. The summed E-state index contributed by atoms with van der Waals surface area (Å²) >= 11 is 0. The highest BCUT2D eigenvalue weighted by molar-refractivity contribution is 5.39. The Hall–Kier alpha value is -1.24. The Balaban J connectivity index is 0. The second kappa shape index (κ2) is 10.8. The number of rotatable bonds is 3. The molecular weight excluding hydrogens is 158 g/mol. The minimum atomic E-state index is 1.06. The first kappa shape index (κ1) is 14.3. The largest absolute Gasteiger partial charge is 0.404 e. The molecule has 13 heavy (non-hydrogen) atoms. The molecule has 0 aliphatic rings. The van der Waals surface area contributed by atoms with Gasteiger partial charge in [-0.3, -0.25) is 0 Å². The number of hydrogen-bond donors (Lipinski definition) is 1. The monoisotopic (exact) mass is 179 g/mol. The van der Waals surface area contributed by atoms with Crippen molar-refractivity contribution in [1.29, 1.82) is 0 Å². The second-order valence-electron chi connectivity index (χ2n) is 2.21. The van der Waals surface area contributed by atoms with Gasteiger partial charge in [-0.2, -0.15) is 0 Å². The first-order valence-corrected chi connectivity index (χ1v) is 4.60. The van der Waals surface area contributed by atoms with Crippen LogP contribution in [0.2, 0.25) is 0 Å². The van der Waals surface area contributed by atoms with Crippen LogP contribution < -0.4 is 5.73 Å². The van der Waals surface area contributed by atoms with Gasteiger partial charge in [0.2, 0.25) is 0 Å². The topological polar surface area (TPSA) is 26.0 Å². The summed E-state index contributed by atoms with van der Waals surface area (Å²) in [6.07, 6.45) is 9.25. The number of hydrogen-bond acceptors (Lipinski definition) is 1. The Morgan fingerprint density at radius 3 is 2.15 bits per heavy atom. The molecule has 0 aliphatic carbocycles. The fourth-order valence-electron chi connectivity index (χ4n) is 0.721. The Morgan fingerprint density at radius 1 is 1.31 bits per heavy atom. The van der Waals surface area contributed by atoms with E-state index in [4.69, 9.17) is 5.73 Å². The summed E-state index contributed by atoms with van der Waals surface area (Å²) < 4.78 is 0. The zero-order valence-electron chi connectivity index (χ0n) is 9.17. The van der Waals surface area contributed by atoms with Crippen LogP contribution in [0.15, 0.2) is 48.2 Å². The van der Waals surface area contributed by atoms with Crippen molar-refractivity contribution in [3.05, 3.63) is 48.2 Å². The lowest BCUT2D eigenvalue weighted by Crippen LogP contribution is -1.86. The van der Waals surface area contributed by atoms with Crippen LogP contribution in [0.25, 0.3) is 0 Å². The summed E-state index contributed by atoms with van der Waals surface area (Å²) in [7, 11) is 0. The van der Waals surface area contributed by atoms with Crippen LogP contribution in [0.3, 0.4) is 0 Å². The minimum absolute atomic E-state index is 1.06. The van der Waals surface area contributed by atoms with Crippen molar-refractivity contribution >= 4 is 0 Å². The van der Waals surface area contributed by atoms with Gasteiger partial charge in [0, 0.05) is 0 Å². The molecule has 0 bridgehead atoms. The molecule has 1 nitrogen and oxygen atoms in total. The maximum atomic E-state index is 5.36. The van der Waals surface area contributed by atoms with E-state index >= 15 is 0 Å². The van der Waals surface area contributed by atoms with Crippen molar-refractivity contribution in [3.63, 3.8) is 0 Å². The minimum Gasteiger partial charge on any atom is -0.404 e. The predicted octanol–water partition coefficient (Wildman–Crippen LogP) is 3.56. The van der Waals surface area contributed by atoms with E-state index in [1.165, 1.54) is 0 Å². The molecule has 0 saturated heterocycles. The molecule has 1 heteroatoms. The van der Waals surface area contributed by atoms with Gasteiger partial charge in [0.25, 0.3) is 0 Å². The molecule has 0 amide bonds. The molecule has 0 saturated carbocycles. The van der Waals surface area contributed by atoms with Crippen molar-refractivity contribution in [2.45, 2.75) is 27.7 Å². The van der Waals surface area contributed by atoms with Crippen LogP contribution in [-0.2, 0) is 0 Å². The van der Waals surface area contributed by atoms with E-state index in [-0.39, 0.29) is 0 Å². The second-order valence-corrected chi connectivity index (χ2v) is 2.21. The van der Waals surface area contributed by atoms with E-state index < -0.39 is 0 Å². The first-order chi connectivity index (χ1) is 6.26. The molecule has 0 fully saturated rings.